The monoisotopic (exact) mass is 330 g/mol. The molecule has 0 aliphatic carbocycles. The molecule has 1 aromatic rings. The van der Waals surface area contributed by atoms with E-state index in [4.69, 9.17) is 5.11 Å². The molecule has 104 valence electrons. The van der Waals surface area contributed by atoms with Crippen molar-refractivity contribution in [2.24, 2.45) is 5.41 Å². The molecule has 7 heteroatoms. The lowest BCUT2D eigenvalue weighted by Crippen LogP contribution is -2.32. The molecule has 0 aliphatic rings. The summed E-state index contributed by atoms with van der Waals surface area (Å²) in [4.78, 5) is 36.2. The highest BCUT2D eigenvalue weighted by Crippen LogP contribution is 2.19. The van der Waals surface area contributed by atoms with Gasteiger partial charge in [0.05, 0.1) is 15.5 Å². The number of carboxylic acid groups (broad SMARTS) is 1. The molecule has 0 aromatic carbocycles. The van der Waals surface area contributed by atoms with Crippen molar-refractivity contribution in [3.8, 4) is 0 Å². The number of nitrogens with one attached hydrogen (secondary N) is 2. The average Bonchev–Trinajstić information content (AvgIpc) is 2.32. The fourth-order valence-corrected chi connectivity index (χ4v) is 1.65. The summed E-state index contributed by atoms with van der Waals surface area (Å²) >= 11 is 3.03. The van der Waals surface area contributed by atoms with Crippen molar-refractivity contribution in [2.45, 2.75) is 20.3 Å². The fourth-order valence-electron chi connectivity index (χ4n) is 1.28. The molecule has 0 fully saturated rings. The van der Waals surface area contributed by atoms with Gasteiger partial charge in [0.2, 0.25) is 0 Å². The van der Waals surface area contributed by atoms with Crippen molar-refractivity contribution < 1.29 is 14.7 Å². The van der Waals surface area contributed by atoms with Gasteiger partial charge in [0, 0.05) is 12.7 Å². The van der Waals surface area contributed by atoms with Crippen LogP contribution in [-0.4, -0.2) is 28.5 Å². The molecule has 6 nitrogen and oxygen atoms in total. The summed E-state index contributed by atoms with van der Waals surface area (Å²) < 4.78 is 0.269. The van der Waals surface area contributed by atoms with Gasteiger partial charge >= 0.3 is 5.97 Å². The minimum atomic E-state index is -0.909. The van der Waals surface area contributed by atoms with Gasteiger partial charge in [-0.25, -0.2) is 0 Å². The zero-order valence-corrected chi connectivity index (χ0v) is 12.2. The van der Waals surface area contributed by atoms with Crippen molar-refractivity contribution in [3.05, 3.63) is 32.7 Å². The number of aliphatic carboxylic acids is 1. The summed E-state index contributed by atoms with van der Waals surface area (Å²) in [5.74, 6) is -1.27. The molecule has 3 N–H and O–H groups in total. The molecule has 1 rings (SSSR count). The zero-order chi connectivity index (χ0) is 14.6. The Kier molecular flexibility index (Phi) is 4.88. The van der Waals surface area contributed by atoms with E-state index in [0.29, 0.717) is 12.0 Å². The maximum atomic E-state index is 11.8. The van der Waals surface area contributed by atoms with Crippen LogP contribution >= 0.6 is 15.9 Å². The Morgan fingerprint density at radius 3 is 2.63 bits per heavy atom. The lowest BCUT2D eigenvalue weighted by molar-refractivity contribution is -0.147. The number of amides is 1. The Bertz CT molecular complexity index is 551. The normalized spacial score (nSPS) is 11.1. The predicted molar refractivity (Wildman–Crippen MR) is 73.1 cm³/mol. The summed E-state index contributed by atoms with van der Waals surface area (Å²) in [6, 6.07) is 1.41. The van der Waals surface area contributed by atoms with Crippen LogP contribution < -0.4 is 10.9 Å². The van der Waals surface area contributed by atoms with Gasteiger partial charge in [-0.3, -0.25) is 14.4 Å². The van der Waals surface area contributed by atoms with E-state index in [1.54, 1.807) is 13.8 Å². The number of hydrogen-bond donors (Lipinski definition) is 3. The van der Waals surface area contributed by atoms with Gasteiger partial charge in [-0.05, 0) is 42.3 Å². The summed E-state index contributed by atoms with van der Waals surface area (Å²) in [6.45, 7) is 3.44. The number of H-pyrrole nitrogens is 1. The van der Waals surface area contributed by atoms with Crippen LogP contribution in [-0.2, 0) is 4.79 Å². The molecule has 1 amide bonds. The molecule has 0 aliphatic heterocycles. The number of halogens is 1. The van der Waals surface area contributed by atoms with Crippen LogP contribution in [0.2, 0.25) is 0 Å². The highest BCUT2D eigenvalue weighted by atomic mass is 79.9. The number of rotatable bonds is 5. The Labute approximate surface area is 118 Å². The molecule has 0 atom stereocenters. The second-order valence-electron chi connectivity index (χ2n) is 4.76. The highest BCUT2D eigenvalue weighted by molar-refractivity contribution is 9.10. The minimum Gasteiger partial charge on any atom is -0.481 e. The molecular weight excluding hydrogens is 316 g/mol. The first kappa shape index (κ1) is 15.4. The number of carbonyl (C=O) groups excluding carboxylic acids is 1. The van der Waals surface area contributed by atoms with Crippen molar-refractivity contribution in [1.82, 2.24) is 10.3 Å². The van der Waals surface area contributed by atoms with E-state index in [1.165, 1.54) is 12.3 Å². The van der Waals surface area contributed by atoms with Crippen molar-refractivity contribution in [1.29, 1.82) is 0 Å². The summed E-state index contributed by atoms with van der Waals surface area (Å²) in [5, 5.41) is 11.5. The first-order valence-corrected chi connectivity index (χ1v) is 6.43. The molecule has 0 radical (unpaired) electrons. The molecular formula is C12H15BrN2O4. The highest BCUT2D eigenvalue weighted by Gasteiger charge is 2.26. The van der Waals surface area contributed by atoms with Crippen molar-refractivity contribution >= 4 is 27.8 Å². The number of carbonyl (C=O) groups is 2. The van der Waals surface area contributed by atoms with Crippen LogP contribution in [0.3, 0.4) is 0 Å². The van der Waals surface area contributed by atoms with E-state index in [9.17, 15) is 14.4 Å². The quantitative estimate of drug-likeness (QED) is 0.759. The zero-order valence-electron chi connectivity index (χ0n) is 10.6. The topological polar surface area (TPSA) is 99.3 Å². The Balaban J connectivity index is 2.59. The van der Waals surface area contributed by atoms with Gasteiger partial charge in [-0.15, -0.1) is 0 Å². The third-order valence-corrected chi connectivity index (χ3v) is 3.32. The van der Waals surface area contributed by atoms with Gasteiger partial charge in [-0.2, -0.15) is 0 Å². The lowest BCUT2D eigenvalue weighted by atomic mass is 9.90. The summed E-state index contributed by atoms with van der Waals surface area (Å²) in [6.07, 6.45) is 1.63. The van der Waals surface area contributed by atoms with Crippen LogP contribution in [0.15, 0.2) is 21.5 Å². The first-order chi connectivity index (χ1) is 8.74. The molecule has 19 heavy (non-hydrogen) atoms. The number of carboxylic acids is 1. The third-order valence-electron chi connectivity index (χ3n) is 2.73. The van der Waals surface area contributed by atoms with E-state index in [-0.39, 0.29) is 22.5 Å². The maximum absolute atomic E-state index is 11.8. The average molecular weight is 331 g/mol. The van der Waals surface area contributed by atoms with Crippen molar-refractivity contribution in [2.75, 3.05) is 6.54 Å². The van der Waals surface area contributed by atoms with Gasteiger partial charge in [-0.1, -0.05) is 0 Å². The number of hydrogen-bond acceptors (Lipinski definition) is 3. The molecule has 1 heterocycles. The van der Waals surface area contributed by atoms with Gasteiger partial charge in [0.25, 0.3) is 11.5 Å². The van der Waals surface area contributed by atoms with Crippen LogP contribution in [0.5, 0.6) is 0 Å². The molecule has 0 saturated carbocycles. The molecule has 0 saturated heterocycles. The first-order valence-electron chi connectivity index (χ1n) is 5.64. The van der Waals surface area contributed by atoms with Crippen LogP contribution in [0.25, 0.3) is 0 Å². The van der Waals surface area contributed by atoms with E-state index >= 15 is 0 Å². The van der Waals surface area contributed by atoms with Gasteiger partial charge in [0.15, 0.2) is 0 Å². The fraction of sp³-hybridized carbons (Fsp3) is 0.417. The molecule has 0 spiro atoms. The number of pyridine rings is 1. The third kappa shape index (κ3) is 4.20. The summed E-state index contributed by atoms with van der Waals surface area (Å²) in [7, 11) is 0. The lowest BCUT2D eigenvalue weighted by Gasteiger charge is -2.18. The summed E-state index contributed by atoms with van der Waals surface area (Å²) in [5.41, 5.74) is -0.901. The number of aromatic amines is 1. The van der Waals surface area contributed by atoms with E-state index in [0.717, 1.165) is 0 Å². The molecule has 0 unspecified atom stereocenters. The standard InChI is InChI=1S/C12H15BrN2O4/c1-12(2,11(18)19)3-4-14-9(16)7-5-8(13)10(17)15-6-7/h5-6H,3-4H2,1-2H3,(H,14,16)(H,15,17)(H,18,19). The molecule has 0 bridgehead atoms. The van der Waals surface area contributed by atoms with Gasteiger partial charge < -0.3 is 15.4 Å². The SMILES string of the molecule is CC(C)(CCNC(=O)c1c[nH]c(=O)c(Br)c1)C(=O)O. The smallest absolute Gasteiger partial charge is 0.309 e. The maximum Gasteiger partial charge on any atom is 0.309 e. The second kappa shape index (κ2) is 6.01. The Morgan fingerprint density at radius 2 is 2.11 bits per heavy atom. The molecule has 1 aromatic heterocycles. The Morgan fingerprint density at radius 1 is 1.47 bits per heavy atom. The van der Waals surface area contributed by atoms with Crippen molar-refractivity contribution in [3.63, 3.8) is 0 Å². The van der Waals surface area contributed by atoms with E-state index < -0.39 is 11.4 Å². The minimum absolute atomic E-state index is 0.245. The van der Waals surface area contributed by atoms with Gasteiger partial charge in [0.1, 0.15) is 0 Å². The van der Waals surface area contributed by atoms with E-state index in [2.05, 4.69) is 26.2 Å². The van der Waals surface area contributed by atoms with Crippen LogP contribution in [0.1, 0.15) is 30.6 Å². The van der Waals surface area contributed by atoms with Crippen LogP contribution in [0, 0.1) is 5.41 Å². The predicted octanol–water partition coefficient (Wildman–Crippen LogP) is 1.37. The van der Waals surface area contributed by atoms with E-state index in [1.807, 2.05) is 0 Å². The largest absolute Gasteiger partial charge is 0.481 e. The second-order valence-corrected chi connectivity index (χ2v) is 5.61. The van der Waals surface area contributed by atoms with Crippen LogP contribution in [0.4, 0.5) is 0 Å². The Hall–Kier alpha value is -1.63. The number of aromatic nitrogens is 1.